The van der Waals surface area contributed by atoms with Crippen molar-refractivity contribution in [3.63, 3.8) is 0 Å². The summed E-state index contributed by atoms with van der Waals surface area (Å²) in [4.78, 5) is 10.5. The van der Waals surface area contributed by atoms with Gasteiger partial charge in [0.1, 0.15) is 0 Å². The monoisotopic (exact) mass is 260 g/mol. The van der Waals surface area contributed by atoms with Crippen LogP contribution in [-0.4, -0.2) is 23.8 Å². The Balaban J connectivity index is 3.67. The molecular weight excluding hydrogens is 240 g/mol. The molecule has 3 nitrogen and oxygen atoms in total. The maximum atomic E-state index is 10.5. The number of carbonyl (C=O) groups is 1. The Labute approximate surface area is 115 Å². The van der Waals surface area contributed by atoms with Crippen molar-refractivity contribution in [2.45, 2.75) is 39.2 Å². The highest BCUT2D eigenvalue weighted by molar-refractivity contribution is 5.65. The second-order valence-electron chi connectivity index (χ2n) is 3.80. The molecule has 19 heavy (non-hydrogen) atoms. The number of carbonyl (C=O) groups excluding carboxylic acids is 1. The van der Waals surface area contributed by atoms with Gasteiger partial charge in [-0.3, -0.25) is 4.79 Å². The maximum absolute atomic E-state index is 10.5. The highest BCUT2D eigenvalue weighted by Gasteiger charge is 2.03. The lowest BCUT2D eigenvalue weighted by Crippen LogP contribution is -2.11. The molecule has 0 bridgehead atoms. The summed E-state index contributed by atoms with van der Waals surface area (Å²) < 4.78 is 4.74. The quantitative estimate of drug-likeness (QED) is 0.588. The molecule has 0 saturated heterocycles. The largest absolute Gasteiger partial charge is 0.466 e. The minimum atomic E-state index is -0.452. The predicted octanol–water partition coefficient (Wildman–Crippen LogP) is 2.22. The van der Waals surface area contributed by atoms with Gasteiger partial charge in [-0.2, -0.15) is 0 Å². The van der Waals surface area contributed by atoms with Gasteiger partial charge in [-0.25, -0.2) is 0 Å². The van der Waals surface area contributed by atoms with Gasteiger partial charge in [0.2, 0.25) is 0 Å². The molecule has 0 spiro atoms. The molecule has 0 aliphatic rings. The first kappa shape index (κ1) is 17.0. The molecule has 0 aromatic rings. The van der Waals surface area contributed by atoms with Gasteiger partial charge >= 0.3 is 5.97 Å². The van der Waals surface area contributed by atoms with E-state index in [-0.39, 0.29) is 12.6 Å². The molecule has 0 fully saturated rings. The minimum absolute atomic E-state index is 0.264. The van der Waals surface area contributed by atoms with Gasteiger partial charge in [0.05, 0.1) is 12.7 Å². The zero-order valence-corrected chi connectivity index (χ0v) is 11.5. The van der Waals surface area contributed by atoms with Crippen LogP contribution in [0.4, 0.5) is 0 Å². The summed E-state index contributed by atoms with van der Waals surface area (Å²) in [6.07, 6.45) is 8.57. The average Bonchev–Trinajstić information content (AvgIpc) is 2.36. The summed E-state index contributed by atoms with van der Waals surface area (Å²) >= 11 is 0. The van der Waals surface area contributed by atoms with E-state index in [1.165, 1.54) is 6.92 Å². The van der Waals surface area contributed by atoms with Crippen LogP contribution in [0.1, 0.15) is 33.1 Å². The van der Waals surface area contributed by atoms with Gasteiger partial charge in [0.25, 0.3) is 0 Å². The number of aliphatic hydroxyl groups excluding tert-OH is 1. The average molecular weight is 260 g/mol. The third kappa shape index (κ3) is 14.0. The summed E-state index contributed by atoms with van der Waals surface area (Å²) in [6.45, 7) is 3.52. The SMILES string of the molecule is CC=CC#CC#CC=CCCC(O)CCOC(C)=O. The van der Waals surface area contributed by atoms with Crippen LogP contribution in [0, 0.1) is 23.7 Å². The first-order chi connectivity index (χ1) is 9.16. The van der Waals surface area contributed by atoms with E-state index < -0.39 is 6.10 Å². The Bertz CT molecular complexity index is 424. The Morgan fingerprint density at radius 1 is 1.26 bits per heavy atom. The van der Waals surface area contributed by atoms with Crippen LogP contribution in [-0.2, 0) is 9.53 Å². The Hall–Kier alpha value is -1.97. The number of hydrogen-bond acceptors (Lipinski definition) is 3. The van der Waals surface area contributed by atoms with Crippen molar-refractivity contribution in [2.75, 3.05) is 6.61 Å². The van der Waals surface area contributed by atoms with Crippen LogP contribution in [0.2, 0.25) is 0 Å². The predicted molar refractivity (Wildman–Crippen MR) is 76.0 cm³/mol. The molecule has 0 radical (unpaired) electrons. The van der Waals surface area contributed by atoms with Gasteiger partial charge in [0.15, 0.2) is 0 Å². The first-order valence-electron chi connectivity index (χ1n) is 6.25. The fourth-order valence-corrected chi connectivity index (χ4v) is 1.15. The van der Waals surface area contributed by atoms with Gasteiger partial charge < -0.3 is 9.84 Å². The Kier molecular flexibility index (Phi) is 11.2. The van der Waals surface area contributed by atoms with E-state index >= 15 is 0 Å². The lowest BCUT2D eigenvalue weighted by molar-refractivity contribution is -0.141. The van der Waals surface area contributed by atoms with Crippen LogP contribution < -0.4 is 0 Å². The number of hydrogen-bond donors (Lipinski definition) is 1. The van der Waals surface area contributed by atoms with Gasteiger partial charge in [-0.15, -0.1) is 0 Å². The van der Waals surface area contributed by atoms with E-state index in [1.54, 1.807) is 12.2 Å². The molecule has 0 heterocycles. The summed E-state index contributed by atoms with van der Waals surface area (Å²) in [5, 5.41) is 9.57. The highest BCUT2D eigenvalue weighted by atomic mass is 16.5. The lowest BCUT2D eigenvalue weighted by atomic mass is 10.1. The normalized spacial score (nSPS) is 11.5. The molecule has 0 rings (SSSR count). The molecule has 102 valence electrons. The number of esters is 1. The molecule has 0 aromatic carbocycles. The summed E-state index contributed by atoms with van der Waals surface area (Å²) in [5.74, 6) is 10.6. The third-order valence-electron chi connectivity index (χ3n) is 2.08. The Morgan fingerprint density at radius 3 is 2.58 bits per heavy atom. The standard InChI is InChI=1S/C16H20O3/c1-3-4-5-6-7-8-9-10-11-12-16(18)13-14-19-15(2)17/h3-4,9-10,16,18H,11-14H2,1-2H3. The first-order valence-corrected chi connectivity index (χ1v) is 6.25. The summed E-state index contributed by atoms with van der Waals surface area (Å²) in [7, 11) is 0. The van der Waals surface area contributed by atoms with Crippen LogP contribution >= 0.6 is 0 Å². The lowest BCUT2D eigenvalue weighted by Gasteiger charge is -2.08. The molecule has 1 unspecified atom stereocenters. The van der Waals surface area contributed by atoms with E-state index in [2.05, 4.69) is 23.7 Å². The fourth-order valence-electron chi connectivity index (χ4n) is 1.15. The van der Waals surface area contributed by atoms with Gasteiger partial charge in [0, 0.05) is 13.3 Å². The second kappa shape index (κ2) is 12.5. The summed E-state index contributed by atoms with van der Waals surface area (Å²) in [5.41, 5.74) is 0. The molecule has 0 aromatic heterocycles. The molecule has 0 aliphatic heterocycles. The highest BCUT2D eigenvalue weighted by Crippen LogP contribution is 2.02. The molecule has 1 atom stereocenters. The van der Waals surface area contributed by atoms with Crippen molar-refractivity contribution in [1.82, 2.24) is 0 Å². The number of aliphatic hydroxyl groups is 1. The van der Waals surface area contributed by atoms with Crippen LogP contribution in [0.15, 0.2) is 24.3 Å². The van der Waals surface area contributed by atoms with Crippen molar-refractivity contribution in [3.8, 4) is 23.7 Å². The topological polar surface area (TPSA) is 46.5 Å². The number of allylic oxidation sites excluding steroid dienone is 4. The van der Waals surface area contributed by atoms with Crippen molar-refractivity contribution in [1.29, 1.82) is 0 Å². The van der Waals surface area contributed by atoms with Crippen LogP contribution in [0.5, 0.6) is 0 Å². The summed E-state index contributed by atoms with van der Waals surface area (Å²) in [6, 6.07) is 0. The molecule has 1 N–H and O–H groups in total. The van der Waals surface area contributed by atoms with E-state index in [0.717, 1.165) is 6.42 Å². The van der Waals surface area contributed by atoms with E-state index in [9.17, 15) is 9.90 Å². The number of ether oxygens (including phenoxy) is 1. The molecule has 0 aliphatic carbocycles. The minimum Gasteiger partial charge on any atom is -0.466 e. The maximum Gasteiger partial charge on any atom is 0.302 e. The zero-order valence-electron chi connectivity index (χ0n) is 11.5. The van der Waals surface area contributed by atoms with E-state index in [4.69, 9.17) is 4.74 Å². The smallest absolute Gasteiger partial charge is 0.302 e. The Morgan fingerprint density at radius 2 is 1.95 bits per heavy atom. The van der Waals surface area contributed by atoms with Crippen molar-refractivity contribution >= 4 is 5.97 Å². The fraction of sp³-hybridized carbons (Fsp3) is 0.438. The number of rotatable bonds is 6. The van der Waals surface area contributed by atoms with Crippen LogP contribution in [0.3, 0.4) is 0 Å². The van der Waals surface area contributed by atoms with Crippen LogP contribution in [0.25, 0.3) is 0 Å². The van der Waals surface area contributed by atoms with Gasteiger partial charge in [-0.1, -0.05) is 24.0 Å². The van der Waals surface area contributed by atoms with Crippen molar-refractivity contribution in [3.05, 3.63) is 24.3 Å². The van der Waals surface area contributed by atoms with Gasteiger partial charge in [-0.05, 0) is 43.8 Å². The van der Waals surface area contributed by atoms with E-state index in [0.29, 0.717) is 12.8 Å². The van der Waals surface area contributed by atoms with Crippen molar-refractivity contribution < 1.29 is 14.6 Å². The molecule has 3 heteroatoms. The molecule has 0 saturated carbocycles. The second-order valence-corrected chi connectivity index (χ2v) is 3.80. The molecule has 0 amide bonds. The van der Waals surface area contributed by atoms with Crippen molar-refractivity contribution in [2.24, 2.45) is 0 Å². The van der Waals surface area contributed by atoms with E-state index in [1.807, 2.05) is 19.1 Å². The zero-order chi connectivity index (χ0) is 14.3. The molecular formula is C16H20O3. The third-order valence-corrected chi connectivity index (χ3v) is 2.08.